The van der Waals surface area contributed by atoms with Crippen molar-refractivity contribution in [3.8, 4) is 11.8 Å². The van der Waals surface area contributed by atoms with Crippen LogP contribution in [0.3, 0.4) is 0 Å². The van der Waals surface area contributed by atoms with Gasteiger partial charge in [0, 0.05) is 9.90 Å². The lowest BCUT2D eigenvalue weighted by atomic mass is 10.2. The van der Waals surface area contributed by atoms with E-state index in [1.807, 2.05) is 6.07 Å². The SMILES string of the molecule is COc1ccc(Cl)cc1NC(=O)/C(C#N)=C/c1ccc(Cl)s1. The third-order valence-corrected chi connectivity index (χ3v) is 4.07. The number of amides is 1. The first-order valence-electron chi connectivity index (χ1n) is 6.05. The largest absolute Gasteiger partial charge is 0.495 e. The van der Waals surface area contributed by atoms with Gasteiger partial charge in [-0.05, 0) is 36.4 Å². The van der Waals surface area contributed by atoms with E-state index in [0.29, 0.717) is 20.8 Å². The number of methoxy groups -OCH3 is 1. The zero-order chi connectivity index (χ0) is 16.1. The maximum absolute atomic E-state index is 12.2. The highest BCUT2D eigenvalue weighted by Crippen LogP contribution is 2.28. The molecule has 2 aromatic rings. The van der Waals surface area contributed by atoms with Gasteiger partial charge in [-0.3, -0.25) is 4.79 Å². The van der Waals surface area contributed by atoms with Crippen molar-refractivity contribution in [3.63, 3.8) is 0 Å². The van der Waals surface area contributed by atoms with Crippen LogP contribution in [0.1, 0.15) is 4.88 Å². The molecule has 1 aromatic heterocycles. The summed E-state index contributed by atoms with van der Waals surface area (Å²) < 4.78 is 5.73. The zero-order valence-electron chi connectivity index (χ0n) is 11.4. The smallest absolute Gasteiger partial charge is 0.266 e. The summed E-state index contributed by atoms with van der Waals surface area (Å²) in [5, 5.41) is 12.2. The Balaban J connectivity index is 2.25. The molecule has 0 aliphatic rings. The number of carbonyl (C=O) groups is 1. The summed E-state index contributed by atoms with van der Waals surface area (Å²) >= 11 is 13.0. The Morgan fingerprint density at radius 2 is 2.14 bits per heavy atom. The van der Waals surface area contributed by atoms with E-state index in [9.17, 15) is 4.79 Å². The average Bonchev–Trinajstić information content (AvgIpc) is 2.90. The van der Waals surface area contributed by atoms with Crippen LogP contribution >= 0.6 is 34.5 Å². The molecule has 4 nitrogen and oxygen atoms in total. The van der Waals surface area contributed by atoms with E-state index in [1.165, 1.54) is 24.5 Å². The van der Waals surface area contributed by atoms with E-state index in [2.05, 4.69) is 5.32 Å². The monoisotopic (exact) mass is 352 g/mol. The number of rotatable bonds is 4. The van der Waals surface area contributed by atoms with Gasteiger partial charge in [-0.1, -0.05) is 23.2 Å². The van der Waals surface area contributed by atoms with Crippen LogP contribution < -0.4 is 10.1 Å². The molecule has 1 N–H and O–H groups in total. The van der Waals surface area contributed by atoms with Crippen LogP contribution in [0.4, 0.5) is 5.69 Å². The molecule has 0 aliphatic carbocycles. The van der Waals surface area contributed by atoms with Gasteiger partial charge in [0.2, 0.25) is 0 Å². The third kappa shape index (κ3) is 4.01. The van der Waals surface area contributed by atoms with Crippen molar-refractivity contribution in [1.82, 2.24) is 0 Å². The van der Waals surface area contributed by atoms with Crippen LogP contribution in [0.25, 0.3) is 6.08 Å². The Labute approximate surface area is 141 Å². The second-order valence-corrected chi connectivity index (χ2v) is 6.29. The van der Waals surface area contributed by atoms with Gasteiger partial charge in [0.25, 0.3) is 5.91 Å². The number of anilines is 1. The van der Waals surface area contributed by atoms with E-state index in [4.69, 9.17) is 33.2 Å². The fraction of sp³-hybridized carbons (Fsp3) is 0.0667. The highest BCUT2D eigenvalue weighted by Gasteiger charge is 2.13. The first-order valence-corrected chi connectivity index (χ1v) is 7.62. The molecular formula is C15H10Cl2N2O2S. The molecule has 1 amide bonds. The van der Waals surface area contributed by atoms with Gasteiger partial charge in [0.1, 0.15) is 17.4 Å². The standard InChI is InChI=1S/C15H10Cl2N2O2S/c1-21-13-4-2-10(16)7-12(13)19-15(20)9(8-18)6-11-3-5-14(17)22-11/h2-7H,1H3,(H,19,20)/b9-6+. The van der Waals surface area contributed by atoms with Crippen LogP contribution in [0, 0.1) is 11.3 Å². The van der Waals surface area contributed by atoms with Crippen molar-refractivity contribution < 1.29 is 9.53 Å². The molecule has 0 atom stereocenters. The summed E-state index contributed by atoms with van der Waals surface area (Å²) in [5.74, 6) is -0.0956. The first kappa shape index (κ1) is 16.4. The van der Waals surface area contributed by atoms with Gasteiger partial charge in [-0.2, -0.15) is 5.26 Å². The van der Waals surface area contributed by atoms with Crippen LogP contribution in [0.2, 0.25) is 9.36 Å². The molecule has 0 unspecified atom stereocenters. The predicted molar refractivity (Wildman–Crippen MR) is 89.6 cm³/mol. The fourth-order valence-electron chi connectivity index (χ4n) is 1.66. The average molecular weight is 353 g/mol. The molecule has 0 saturated heterocycles. The molecule has 0 aliphatic heterocycles. The van der Waals surface area contributed by atoms with Crippen molar-refractivity contribution in [2.45, 2.75) is 0 Å². The van der Waals surface area contributed by atoms with Gasteiger partial charge >= 0.3 is 0 Å². The quantitative estimate of drug-likeness (QED) is 0.645. The lowest BCUT2D eigenvalue weighted by Crippen LogP contribution is -2.14. The normalized spacial score (nSPS) is 10.9. The van der Waals surface area contributed by atoms with Crippen molar-refractivity contribution in [1.29, 1.82) is 5.26 Å². The second kappa shape index (κ2) is 7.32. The number of carbonyl (C=O) groups excluding carboxylic acids is 1. The molecular weight excluding hydrogens is 343 g/mol. The zero-order valence-corrected chi connectivity index (χ0v) is 13.7. The van der Waals surface area contributed by atoms with Crippen molar-refractivity contribution in [2.75, 3.05) is 12.4 Å². The Bertz CT molecular complexity index is 778. The first-order chi connectivity index (χ1) is 10.5. The van der Waals surface area contributed by atoms with Crippen LogP contribution in [-0.4, -0.2) is 13.0 Å². The van der Waals surface area contributed by atoms with E-state index in [-0.39, 0.29) is 5.57 Å². The van der Waals surface area contributed by atoms with Gasteiger partial charge < -0.3 is 10.1 Å². The number of hydrogen-bond acceptors (Lipinski definition) is 4. The Hall–Kier alpha value is -2.00. The minimum atomic E-state index is -0.549. The Morgan fingerprint density at radius 3 is 2.73 bits per heavy atom. The number of ether oxygens (including phenoxy) is 1. The molecule has 0 bridgehead atoms. The molecule has 0 saturated carbocycles. The van der Waals surface area contributed by atoms with Crippen molar-refractivity contribution in [3.05, 3.63) is 50.1 Å². The van der Waals surface area contributed by atoms with E-state index < -0.39 is 5.91 Å². The molecule has 22 heavy (non-hydrogen) atoms. The molecule has 2 rings (SSSR count). The fourth-order valence-corrected chi connectivity index (χ4v) is 2.84. The number of nitriles is 1. The minimum Gasteiger partial charge on any atom is -0.495 e. The summed E-state index contributed by atoms with van der Waals surface area (Å²) in [5.41, 5.74) is 0.353. The van der Waals surface area contributed by atoms with Gasteiger partial charge in [0.15, 0.2) is 0 Å². The summed E-state index contributed by atoms with van der Waals surface area (Å²) in [4.78, 5) is 12.9. The topological polar surface area (TPSA) is 62.1 Å². The highest BCUT2D eigenvalue weighted by atomic mass is 35.5. The summed E-state index contributed by atoms with van der Waals surface area (Å²) in [7, 11) is 1.48. The van der Waals surface area contributed by atoms with Crippen LogP contribution in [0.15, 0.2) is 35.9 Å². The van der Waals surface area contributed by atoms with E-state index in [1.54, 1.807) is 30.3 Å². The highest BCUT2D eigenvalue weighted by molar-refractivity contribution is 7.17. The lowest BCUT2D eigenvalue weighted by molar-refractivity contribution is -0.112. The van der Waals surface area contributed by atoms with E-state index in [0.717, 1.165) is 4.88 Å². The number of nitrogens with zero attached hydrogens (tertiary/aromatic N) is 1. The van der Waals surface area contributed by atoms with Crippen molar-refractivity contribution in [2.24, 2.45) is 0 Å². The Kier molecular flexibility index (Phi) is 5.45. The molecule has 7 heteroatoms. The maximum atomic E-state index is 12.2. The van der Waals surface area contributed by atoms with Crippen LogP contribution in [0.5, 0.6) is 5.75 Å². The number of halogens is 2. The molecule has 0 radical (unpaired) electrons. The number of hydrogen-bond donors (Lipinski definition) is 1. The Morgan fingerprint density at radius 1 is 1.36 bits per heavy atom. The van der Waals surface area contributed by atoms with Gasteiger partial charge in [-0.25, -0.2) is 0 Å². The van der Waals surface area contributed by atoms with Gasteiger partial charge in [0.05, 0.1) is 17.1 Å². The van der Waals surface area contributed by atoms with Crippen molar-refractivity contribution >= 4 is 52.2 Å². The second-order valence-electron chi connectivity index (χ2n) is 4.11. The third-order valence-electron chi connectivity index (χ3n) is 2.66. The lowest BCUT2D eigenvalue weighted by Gasteiger charge is -2.09. The predicted octanol–water partition coefficient (Wildman–Crippen LogP) is 4.61. The molecule has 1 aromatic carbocycles. The number of nitrogens with one attached hydrogen (secondary N) is 1. The molecule has 0 fully saturated rings. The summed E-state index contributed by atoms with van der Waals surface area (Å²) in [6.45, 7) is 0. The molecule has 0 spiro atoms. The minimum absolute atomic E-state index is 0.0412. The van der Waals surface area contributed by atoms with Gasteiger partial charge in [-0.15, -0.1) is 11.3 Å². The summed E-state index contributed by atoms with van der Waals surface area (Å²) in [6, 6.07) is 10.1. The number of benzene rings is 1. The number of thiophene rings is 1. The van der Waals surface area contributed by atoms with Crippen LogP contribution in [-0.2, 0) is 4.79 Å². The summed E-state index contributed by atoms with van der Waals surface area (Å²) in [6.07, 6.45) is 1.48. The molecule has 112 valence electrons. The molecule has 1 heterocycles. The van der Waals surface area contributed by atoms with E-state index >= 15 is 0 Å². The maximum Gasteiger partial charge on any atom is 0.266 e.